The maximum atomic E-state index is 10.9. The van der Waals surface area contributed by atoms with Crippen LogP contribution in [-0.4, -0.2) is 28.6 Å². The van der Waals surface area contributed by atoms with Gasteiger partial charge in [0.2, 0.25) is 0 Å². The molecule has 0 bridgehead atoms. The van der Waals surface area contributed by atoms with Crippen LogP contribution in [0.2, 0.25) is 0 Å². The fourth-order valence-electron chi connectivity index (χ4n) is 5.34. The molecule has 0 amide bonds. The molecule has 1 atom stereocenters. The molecule has 2 nitrogen and oxygen atoms in total. The molecule has 2 aromatic carbocycles. The van der Waals surface area contributed by atoms with E-state index in [1.54, 1.807) is 0 Å². The maximum absolute atomic E-state index is 10.9. The molecule has 2 saturated carbocycles. The van der Waals surface area contributed by atoms with E-state index in [2.05, 4.69) is 47.4 Å². The number of hydrogen-bond acceptors (Lipinski definition) is 2. The van der Waals surface area contributed by atoms with Gasteiger partial charge in [-0.25, -0.2) is 0 Å². The molecule has 0 heterocycles. The highest BCUT2D eigenvalue weighted by molar-refractivity contribution is 5.83. The highest BCUT2D eigenvalue weighted by Crippen LogP contribution is 2.31. The fourth-order valence-corrected chi connectivity index (χ4v) is 5.34. The maximum Gasteiger partial charge on any atom is 0.0802 e. The van der Waals surface area contributed by atoms with Gasteiger partial charge in [-0.3, -0.25) is 4.90 Å². The Labute approximate surface area is 164 Å². The molecule has 27 heavy (non-hydrogen) atoms. The Morgan fingerprint density at radius 2 is 1.37 bits per heavy atom. The van der Waals surface area contributed by atoms with Gasteiger partial charge in [0.05, 0.1) is 6.10 Å². The summed E-state index contributed by atoms with van der Waals surface area (Å²) in [7, 11) is 0. The van der Waals surface area contributed by atoms with E-state index in [-0.39, 0.29) is 6.10 Å². The van der Waals surface area contributed by atoms with Crippen molar-refractivity contribution in [3.05, 3.63) is 48.0 Å². The van der Waals surface area contributed by atoms with Gasteiger partial charge in [-0.1, -0.05) is 74.9 Å². The van der Waals surface area contributed by atoms with Gasteiger partial charge in [0, 0.05) is 18.6 Å². The highest BCUT2D eigenvalue weighted by Gasteiger charge is 2.29. The van der Waals surface area contributed by atoms with Gasteiger partial charge in [0.1, 0.15) is 0 Å². The molecule has 0 aromatic heterocycles. The predicted octanol–water partition coefficient (Wildman–Crippen LogP) is 6.23. The molecule has 2 heteroatoms. The Hall–Kier alpha value is -1.38. The lowest BCUT2D eigenvalue weighted by molar-refractivity contribution is 0.0590. The smallest absolute Gasteiger partial charge is 0.0802 e. The topological polar surface area (TPSA) is 23.5 Å². The van der Waals surface area contributed by atoms with Gasteiger partial charge in [0.15, 0.2) is 0 Å². The lowest BCUT2D eigenvalue weighted by Crippen LogP contribution is -2.45. The molecule has 2 aliphatic rings. The monoisotopic (exact) mass is 365 g/mol. The summed E-state index contributed by atoms with van der Waals surface area (Å²) < 4.78 is 0. The lowest BCUT2D eigenvalue weighted by Gasteiger charge is -2.42. The second-order valence-corrected chi connectivity index (χ2v) is 8.73. The normalized spacial score (nSPS) is 21.0. The van der Waals surface area contributed by atoms with Crippen molar-refractivity contribution in [3.63, 3.8) is 0 Å². The first kappa shape index (κ1) is 19.0. The minimum absolute atomic E-state index is 0.357. The van der Waals surface area contributed by atoms with Crippen LogP contribution in [0, 0.1) is 0 Å². The van der Waals surface area contributed by atoms with E-state index in [1.807, 2.05) is 0 Å². The van der Waals surface area contributed by atoms with Crippen molar-refractivity contribution < 1.29 is 5.11 Å². The summed E-state index contributed by atoms with van der Waals surface area (Å²) in [5.41, 5.74) is 1.07. The number of rotatable bonds is 6. The number of hydrogen-bond donors (Lipinski definition) is 1. The minimum Gasteiger partial charge on any atom is -0.388 e. The van der Waals surface area contributed by atoms with Crippen LogP contribution in [0.4, 0.5) is 0 Å². The van der Waals surface area contributed by atoms with Crippen molar-refractivity contribution in [2.75, 3.05) is 6.54 Å². The summed E-state index contributed by atoms with van der Waals surface area (Å²) in [6.07, 6.45) is 14.3. The zero-order valence-corrected chi connectivity index (χ0v) is 16.7. The Morgan fingerprint density at radius 1 is 0.778 bits per heavy atom. The van der Waals surface area contributed by atoms with Gasteiger partial charge in [-0.05, 0) is 54.5 Å². The summed E-state index contributed by atoms with van der Waals surface area (Å²) in [6.45, 7) is 1.04. The number of fused-ring (bicyclic) bond motifs is 1. The number of aliphatic hydroxyl groups excluding tert-OH is 1. The molecule has 0 spiro atoms. The Bertz CT molecular complexity index is 697. The molecule has 1 N–H and O–H groups in total. The lowest BCUT2D eigenvalue weighted by atomic mass is 9.88. The molecule has 2 aliphatic carbocycles. The Morgan fingerprint density at radius 3 is 2.00 bits per heavy atom. The van der Waals surface area contributed by atoms with E-state index in [0.29, 0.717) is 0 Å². The van der Waals surface area contributed by atoms with E-state index < -0.39 is 0 Å². The molecule has 1 unspecified atom stereocenters. The van der Waals surface area contributed by atoms with Gasteiger partial charge in [-0.15, -0.1) is 0 Å². The number of benzene rings is 2. The van der Waals surface area contributed by atoms with Crippen molar-refractivity contribution in [1.82, 2.24) is 4.90 Å². The summed E-state index contributed by atoms with van der Waals surface area (Å²) in [5.74, 6) is 0. The van der Waals surface area contributed by atoms with Crippen LogP contribution in [0.25, 0.3) is 10.8 Å². The Balaban J connectivity index is 1.43. The van der Waals surface area contributed by atoms with E-state index in [0.717, 1.165) is 30.6 Å². The molecular weight excluding hydrogens is 330 g/mol. The summed E-state index contributed by atoms with van der Waals surface area (Å²) in [4.78, 5) is 2.81. The van der Waals surface area contributed by atoms with Gasteiger partial charge in [-0.2, -0.15) is 0 Å². The average Bonchev–Trinajstić information content (AvgIpc) is 2.75. The van der Waals surface area contributed by atoms with E-state index in [9.17, 15) is 5.11 Å². The molecule has 0 radical (unpaired) electrons. The molecule has 2 aromatic rings. The van der Waals surface area contributed by atoms with Crippen molar-refractivity contribution in [2.45, 2.75) is 88.8 Å². The molecule has 0 aliphatic heterocycles. The van der Waals surface area contributed by atoms with Gasteiger partial charge >= 0.3 is 0 Å². The zero-order chi connectivity index (χ0) is 18.5. The van der Waals surface area contributed by atoms with Crippen LogP contribution in [0.3, 0.4) is 0 Å². The minimum atomic E-state index is -0.357. The standard InChI is InChI=1S/C25H35NO/c27-25(22-16-15-20-9-7-8-10-21(20)19-22)17-18-26(23-11-3-1-4-12-23)24-13-5-2-6-14-24/h7-10,15-16,19,23-25,27H,1-6,11-14,17-18H2. The first-order valence-electron chi connectivity index (χ1n) is 11.2. The average molecular weight is 366 g/mol. The second-order valence-electron chi connectivity index (χ2n) is 8.73. The molecule has 4 rings (SSSR count). The van der Waals surface area contributed by atoms with Crippen molar-refractivity contribution in [1.29, 1.82) is 0 Å². The van der Waals surface area contributed by atoms with Crippen LogP contribution >= 0.6 is 0 Å². The van der Waals surface area contributed by atoms with Crippen molar-refractivity contribution >= 4 is 10.8 Å². The predicted molar refractivity (Wildman–Crippen MR) is 114 cm³/mol. The Kier molecular flexibility index (Phi) is 6.47. The quantitative estimate of drug-likeness (QED) is 0.656. The van der Waals surface area contributed by atoms with Gasteiger partial charge < -0.3 is 5.11 Å². The molecule has 2 fully saturated rings. The SMILES string of the molecule is OC(CCN(C1CCCCC1)C1CCCCC1)c1ccc2ccccc2c1. The van der Waals surface area contributed by atoms with E-state index >= 15 is 0 Å². The van der Waals surface area contributed by atoms with Crippen molar-refractivity contribution in [3.8, 4) is 0 Å². The molecule has 146 valence electrons. The van der Waals surface area contributed by atoms with Crippen LogP contribution < -0.4 is 0 Å². The molecular formula is C25H35NO. The highest BCUT2D eigenvalue weighted by atomic mass is 16.3. The van der Waals surface area contributed by atoms with Gasteiger partial charge in [0.25, 0.3) is 0 Å². The summed E-state index contributed by atoms with van der Waals surface area (Å²) >= 11 is 0. The van der Waals surface area contributed by atoms with Crippen LogP contribution in [0.1, 0.15) is 82.3 Å². The number of aliphatic hydroxyl groups is 1. The van der Waals surface area contributed by atoms with E-state index in [1.165, 1.54) is 75.0 Å². The summed E-state index contributed by atoms with van der Waals surface area (Å²) in [6, 6.07) is 16.4. The number of nitrogens with zero attached hydrogens (tertiary/aromatic N) is 1. The van der Waals surface area contributed by atoms with E-state index in [4.69, 9.17) is 0 Å². The van der Waals surface area contributed by atoms with Crippen LogP contribution in [0.5, 0.6) is 0 Å². The first-order chi connectivity index (χ1) is 13.3. The van der Waals surface area contributed by atoms with Crippen LogP contribution in [-0.2, 0) is 0 Å². The van der Waals surface area contributed by atoms with Crippen molar-refractivity contribution in [2.24, 2.45) is 0 Å². The third kappa shape index (κ3) is 4.73. The third-order valence-electron chi connectivity index (χ3n) is 6.91. The zero-order valence-electron chi connectivity index (χ0n) is 16.7. The first-order valence-corrected chi connectivity index (χ1v) is 11.2. The fraction of sp³-hybridized carbons (Fsp3) is 0.600. The second kappa shape index (κ2) is 9.21. The molecule has 0 saturated heterocycles. The van der Waals surface area contributed by atoms with Crippen LogP contribution in [0.15, 0.2) is 42.5 Å². The largest absolute Gasteiger partial charge is 0.388 e. The summed E-state index contributed by atoms with van der Waals surface area (Å²) in [5, 5.41) is 13.4. The third-order valence-corrected chi connectivity index (χ3v) is 6.91.